The van der Waals surface area contributed by atoms with Crippen LogP contribution in [-0.4, -0.2) is 12.8 Å². The third-order valence-electron chi connectivity index (χ3n) is 1.78. The van der Waals surface area contributed by atoms with E-state index in [1.165, 1.54) is 12.1 Å². The van der Waals surface area contributed by atoms with Crippen molar-refractivity contribution in [3.05, 3.63) is 34.9 Å². The van der Waals surface area contributed by atoms with Crippen LogP contribution in [0.2, 0.25) is 5.02 Å². The Balaban J connectivity index is 3.07. The number of halogens is 4. The number of hydrogen-bond donors (Lipinski definition) is 1. The van der Waals surface area contributed by atoms with Gasteiger partial charge in [-0.3, -0.25) is 10.1 Å². The van der Waals surface area contributed by atoms with E-state index in [4.69, 9.17) is 17.1 Å². The van der Waals surface area contributed by atoms with Crippen LogP contribution in [0.1, 0.15) is 11.7 Å². The Morgan fingerprint density at radius 1 is 1.35 bits per heavy atom. The maximum Gasteiger partial charge on any atom is 0.419 e. The van der Waals surface area contributed by atoms with Crippen molar-refractivity contribution in [1.82, 2.24) is 0 Å². The van der Waals surface area contributed by atoms with Crippen LogP contribution in [0.3, 0.4) is 0 Å². The summed E-state index contributed by atoms with van der Waals surface area (Å²) >= 11 is 5.56. The summed E-state index contributed by atoms with van der Waals surface area (Å²) in [6.45, 7) is 0.918. The summed E-state index contributed by atoms with van der Waals surface area (Å²) in [7, 11) is -3.75. The second kappa shape index (κ2) is 4.98. The summed E-state index contributed by atoms with van der Waals surface area (Å²) in [6.07, 6.45) is -7.01. The first-order valence-electron chi connectivity index (χ1n) is 4.46. The summed E-state index contributed by atoms with van der Waals surface area (Å²) in [5.41, 5.74) is 4.81. The van der Waals surface area contributed by atoms with E-state index in [1.807, 2.05) is 0 Å². The van der Waals surface area contributed by atoms with Gasteiger partial charge < -0.3 is 4.52 Å². The maximum atomic E-state index is 12.7. The molecule has 1 aromatic carbocycles. The van der Waals surface area contributed by atoms with Crippen LogP contribution in [0.15, 0.2) is 24.3 Å². The lowest BCUT2D eigenvalue weighted by molar-refractivity contribution is -0.197. The maximum absolute atomic E-state index is 12.7. The Morgan fingerprint density at radius 2 is 1.82 bits per heavy atom. The first kappa shape index (κ1) is 14.5. The fraction of sp³-hybridized carbons (Fsp3) is 0.333. The fourth-order valence-corrected chi connectivity index (χ4v) is 1.94. The highest BCUT2D eigenvalue weighted by atomic mass is 35.5. The van der Waals surface area contributed by atoms with Crippen molar-refractivity contribution in [2.24, 2.45) is 5.50 Å². The molecule has 2 N–H and O–H groups in total. The van der Waals surface area contributed by atoms with Gasteiger partial charge in [-0.2, -0.15) is 13.2 Å². The Bertz CT molecular complexity index is 429. The Kier molecular flexibility index (Phi) is 4.25. The van der Waals surface area contributed by atoms with E-state index in [1.54, 1.807) is 0 Å². The molecule has 0 amide bonds. The van der Waals surface area contributed by atoms with E-state index in [2.05, 4.69) is 4.52 Å². The summed E-state index contributed by atoms with van der Waals surface area (Å²) in [4.78, 5) is 0. The molecule has 0 fully saturated rings. The highest BCUT2D eigenvalue weighted by Gasteiger charge is 2.44. The van der Waals surface area contributed by atoms with Gasteiger partial charge in [0.05, 0.1) is 0 Å². The molecule has 0 saturated carbocycles. The number of rotatable bonds is 3. The van der Waals surface area contributed by atoms with E-state index in [-0.39, 0.29) is 5.56 Å². The molecule has 3 nitrogen and oxygen atoms in total. The SMILES string of the molecule is C[P@](N)(=O)O[C@@H](c1ccc(Cl)cc1)C(F)(F)F. The number of alkyl halides is 3. The largest absolute Gasteiger partial charge is 0.419 e. The Hall–Kier alpha value is -0.550. The molecule has 1 aromatic rings. The third kappa shape index (κ3) is 4.68. The minimum atomic E-state index is -4.70. The molecule has 0 aliphatic carbocycles. The summed E-state index contributed by atoms with van der Waals surface area (Å²) in [5, 5.41) is 0.294. The zero-order valence-electron chi connectivity index (χ0n) is 8.74. The van der Waals surface area contributed by atoms with Crippen LogP contribution in [0.25, 0.3) is 0 Å². The zero-order chi connectivity index (χ0) is 13.3. The predicted octanol–water partition coefficient (Wildman–Crippen LogP) is 3.74. The molecule has 17 heavy (non-hydrogen) atoms. The summed E-state index contributed by atoms with van der Waals surface area (Å²) in [5.74, 6) is 0. The smallest absolute Gasteiger partial charge is 0.300 e. The Morgan fingerprint density at radius 3 is 2.18 bits per heavy atom. The molecule has 0 saturated heterocycles. The molecule has 2 atom stereocenters. The molecule has 0 radical (unpaired) electrons. The lowest BCUT2D eigenvalue weighted by Crippen LogP contribution is -2.23. The monoisotopic (exact) mass is 287 g/mol. The van der Waals surface area contributed by atoms with Crippen molar-refractivity contribution in [2.75, 3.05) is 6.66 Å². The first-order valence-corrected chi connectivity index (χ1v) is 6.98. The van der Waals surface area contributed by atoms with Crippen molar-refractivity contribution >= 4 is 19.1 Å². The van der Waals surface area contributed by atoms with Crippen LogP contribution in [0.4, 0.5) is 13.2 Å². The van der Waals surface area contributed by atoms with E-state index in [9.17, 15) is 17.7 Å². The van der Waals surface area contributed by atoms with Crippen LogP contribution in [0, 0.1) is 0 Å². The van der Waals surface area contributed by atoms with Crippen molar-refractivity contribution in [2.45, 2.75) is 12.3 Å². The normalized spacial score (nSPS) is 17.5. The molecule has 0 aromatic heterocycles. The van der Waals surface area contributed by atoms with Gasteiger partial charge in [0.25, 0.3) is 7.52 Å². The van der Waals surface area contributed by atoms with Crippen molar-refractivity contribution in [1.29, 1.82) is 0 Å². The average Bonchev–Trinajstić information content (AvgIpc) is 2.13. The van der Waals surface area contributed by atoms with Gasteiger partial charge in [-0.15, -0.1) is 0 Å². The molecule has 0 unspecified atom stereocenters. The topological polar surface area (TPSA) is 52.3 Å². The molecule has 0 aliphatic rings. The molecular weight excluding hydrogens is 278 g/mol. The van der Waals surface area contributed by atoms with E-state index >= 15 is 0 Å². The molecule has 1 rings (SSSR count). The van der Waals surface area contributed by atoms with E-state index in [0.29, 0.717) is 5.02 Å². The van der Waals surface area contributed by atoms with Crippen LogP contribution < -0.4 is 5.50 Å². The zero-order valence-corrected chi connectivity index (χ0v) is 10.4. The number of benzene rings is 1. The molecule has 96 valence electrons. The van der Waals surface area contributed by atoms with Gasteiger partial charge in [0.2, 0.25) is 0 Å². The second-order valence-corrected chi connectivity index (χ2v) is 5.95. The predicted molar refractivity (Wildman–Crippen MR) is 59.1 cm³/mol. The van der Waals surface area contributed by atoms with Gasteiger partial charge in [0, 0.05) is 11.7 Å². The molecule has 0 heterocycles. The van der Waals surface area contributed by atoms with Crippen LogP contribution in [-0.2, 0) is 9.09 Å². The van der Waals surface area contributed by atoms with Gasteiger partial charge in [0.15, 0.2) is 6.10 Å². The summed E-state index contributed by atoms with van der Waals surface area (Å²) < 4.78 is 53.6. The molecule has 0 aliphatic heterocycles. The fourth-order valence-electron chi connectivity index (χ4n) is 1.16. The molecule has 8 heteroatoms. The quantitative estimate of drug-likeness (QED) is 0.862. The minimum absolute atomic E-state index is 0.200. The van der Waals surface area contributed by atoms with Crippen LogP contribution in [0.5, 0.6) is 0 Å². The van der Waals surface area contributed by atoms with E-state index in [0.717, 1.165) is 18.8 Å². The highest BCUT2D eigenvalue weighted by molar-refractivity contribution is 7.55. The number of nitrogens with two attached hydrogens (primary N) is 1. The summed E-state index contributed by atoms with van der Waals surface area (Å²) in [6, 6.07) is 4.87. The second-order valence-electron chi connectivity index (χ2n) is 3.49. The molecule has 0 spiro atoms. The lowest BCUT2D eigenvalue weighted by Gasteiger charge is -2.22. The minimum Gasteiger partial charge on any atom is -0.300 e. The van der Waals surface area contributed by atoms with Crippen LogP contribution >= 0.6 is 19.1 Å². The highest BCUT2D eigenvalue weighted by Crippen LogP contribution is 2.46. The lowest BCUT2D eigenvalue weighted by atomic mass is 10.1. The third-order valence-corrected chi connectivity index (χ3v) is 2.67. The van der Waals surface area contributed by atoms with Gasteiger partial charge in [-0.05, 0) is 17.7 Å². The van der Waals surface area contributed by atoms with Gasteiger partial charge in [-0.1, -0.05) is 23.7 Å². The average molecular weight is 288 g/mol. The molecular formula is C9H10ClF3NO2P. The van der Waals surface area contributed by atoms with Gasteiger partial charge in [0.1, 0.15) is 0 Å². The first-order chi connectivity index (χ1) is 7.59. The Labute approximate surface area is 101 Å². The van der Waals surface area contributed by atoms with Crippen molar-refractivity contribution in [3.63, 3.8) is 0 Å². The van der Waals surface area contributed by atoms with Crippen molar-refractivity contribution in [3.8, 4) is 0 Å². The molecule has 0 bridgehead atoms. The van der Waals surface area contributed by atoms with Gasteiger partial charge in [-0.25, -0.2) is 0 Å². The van der Waals surface area contributed by atoms with Crippen molar-refractivity contribution < 1.29 is 22.3 Å². The standard InChI is InChI=1S/C9H10ClF3NO2P/c1-17(14,15)16-8(9(11,12)13)6-2-4-7(10)5-3-6/h2-5,8H,1H3,(H2,14,15)/t8-,17-/m0/s1. The van der Waals surface area contributed by atoms with Gasteiger partial charge >= 0.3 is 6.18 Å². The number of hydrogen-bond acceptors (Lipinski definition) is 2. The van der Waals surface area contributed by atoms with E-state index < -0.39 is 19.8 Å².